The van der Waals surface area contributed by atoms with Gasteiger partial charge in [-0.05, 0) is 39.5 Å². The van der Waals surface area contributed by atoms with Crippen molar-refractivity contribution in [2.45, 2.75) is 72.9 Å². The third-order valence-corrected chi connectivity index (χ3v) is 3.87. The smallest absolute Gasteiger partial charge is 0.164 e. The van der Waals surface area contributed by atoms with Crippen LogP contribution in [0.3, 0.4) is 0 Å². The Morgan fingerprint density at radius 2 is 1.68 bits per heavy atom. The van der Waals surface area contributed by atoms with Gasteiger partial charge in [0.25, 0.3) is 0 Å². The molecule has 19 heavy (non-hydrogen) atoms. The van der Waals surface area contributed by atoms with E-state index in [-0.39, 0.29) is 23.9 Å². The number of alkyl halides is 1. The summed E-state index contributed by atoms with van der Waals surface area (Å²) in [5, 5.41) is 9.98. The molecular formula is C16H29FO2. The number of aliphatic hydroxyl groups is 1. The Balaban J connectivity index is 5.09. The minimum absolute atomic E-state index is 0.0171. The van der Waals surface area contributed by atoms with Crippen LogP contribution in [0.4, 0.5) is 4.39 Å². The molecule has 112 valence electrons. The van der Waals surface area contributed by atoms with Gasteiger partial charge in [0.2, 0.25) is 0 Å². The molecule has 0 aliphatic rings. The number of ketones is 1. The SMILES string of the molecule is CCC(CC)/C(O)=C/C(=O)C(C)(CC)CC(C)(C)F. The highest BCUT2D eigenvalue weighted by Crippen LogP contribution is 2.35. The molecule has 3 heteroatoms. The van der Waals surface area contributed by atoms with E-state index in [4.69, 9.17) is 0 Å². The first-order valence-corrected chi connectivity index (χ1v) is 7.23. The summed E-state index contributed by atoms with van der Waals surface area (Å²) in [6.07, 6.45) is 3.63. The van der Waals surface area contributed by atoms with E-state index in [1.165, 1.54) is 19.9 Å². The van der Waals surface area contributed by atoms with Crippen molar-refractivity contribution < 1.29 is 14.3 Å². The zero-order valence-corrected chi connectivity index (χ0v) is 13.2. The molecule has 0 aromatic rings. The van der Waals surface area contributed by atoms with Gasteiger partial charge in [0.15, 0.2) is 5.78 Å². The first-order chi connectivity index (χ1) is 8.59. The van der Waals surface area contributed by atoms with Crippen LogP contribution in [0, 0.1) is 11.3 Å². The van der Waals surface area contributed by atoms with E-state index < -0.39 is 11.1 Å². The molecule has 0 radical (unpaired) electrons. The van der Waals surface area contributed by atoms with E-state index >= 15 is 0 Å². The summed E-state index contributed by atoms with van der Waals surface area (Å²) in [6, 6.07) is 0. The van der Waals surface area contributed by atoms with E-state index in [9.17, 15) is 14.3 Å². The molecule has 0 rings (SSSR count). The van der Waals surface area contributed by atoms with E-state index in [1.807, 2.05) is 20.8 Å². The van der Waals surface area contributed by atoms with Crippen molar-refractivity contribution in [2.75, 3.05) is 0 Å². The van der Waals surface area contributed by atoms with Gasteiger partial charge in [0.05, 0.1) is 5.76 Å². The monoisotopic (exact) mass is 272 g/mol. The first-order valence-electron chi connectivity index (χ1n) is 7.23. The topological polar surface area (TPSA) is 37.3 Å². The van der Waals surface area contributed by atoms with Crippen molar-refractivity contribution in [2.24, 2.45) is 11.3 Å². The summed E-state index contributed by atoms with van der Waals surface area (Å²) in [7, 11) is 0. The molecule has 0 aliphatic carbocycles. The predicted molar refractivity (Wildman–Crippen MR) is 78.0 cm³/mol. The number of allylic oxidation sites excluding steroid dienone is 2. The van der Waals surface area contributed by atoms with Crippen molar-refractivity contribution in [1.82, 2.24) is 0 Å². The zero-order chi connectivity index (χ0) is 15.3. The van der Waals surface area contributed by atoms with Gasteiger partial charge in [0, 0.05) is 17.4 Å². The van der Waals surface area contributed by atoms with Crippen LogP contribution >= 0.6 is 0 Å². The third kappa shape index (κ3) is 5.75. The highest BCUT2D eigenvalue weighted by molar-refractivity contribution is 5.94. The highest BCUT2D eigenvalue weighted by atomic mass is 19.1. The van der Waals surface area contributed by atoms with Crippen LogP contribution in [0.15, 0.2) is 11.8 Å². The summed E-state index contributed by atoms with van der Waals surface area (Å²) in [6.45, 7) is 10.6. The lowest BCUT2D eigenvalue weighted by Gasteiger charge is -2.30. The summed E-state index contributed by atoms with van der Waals surface area (Å²) >= 11 is 0. The second kappa shape index (κ2) is 7.06. The molecular weight excluding hydrogens is 243 g/mol. The van der Waals surface area contributed by atoms with Crippen molar-refractivity contribution in [1.29, 1.82) is 0 Å². The lowest BCUT2D eigenvalue weighted by Crippen LogP contribution is -2.33. The Bertz CT molecular complexity index is 324. The maximum absolute atomic E-state index is 13.8. The molecule has 0 heterocycles. The van der Waals surface area contributed by atoms with Crippen LogP contribution in [0.2, 0.25) is 0 Å². The predicted octanol–water partition coefficient (Wildman–Crippen LogP) is 4.99. The number of hydrogen-bond acceptors (Lipinski definition) is 2. The number of halogens is 1. The minimum atomic E-state index is -1.39. The van der Waals surface area contributed by atoms with E-state index in [0.717, 1.165) is 12.8 Å². The second-order valence-corrected chi connectivity index (χ2v) is 6.26. The minimum Gasteiger partial charge on any atom is -0.512 e. The largest absolute Gasteiger partial charge is 0.512 e. The summed E-state index contributed by atoms with van der Waals surface area (Å²) in [5.41, 5.74) is -2.14. The Labute approximate surface area is 117 Å². The molecule has 0 amide bonds. The number of carbonyl (C=O) groups excluding carboxylic acids is 1. The summed E-state index contributed by atoms with van der Waals surface area (Å²) in [5.74, 6) is -0.0279. The molecule has 0 aromatic heterocycles. The number of hydrogen-bond donors (Lipinski definition) is 1. The Morgan fingerprint density at radius 1 is 1.21 bits per heavy atom. The molecule has 2 nitrogen and oxygen atoms in total. The first kappa shape index (κ1) is 18.1. The summed E-state index contributed by atoms with van der Waals surface area (Å²) in [4.78, 5) is 12.3. The zero-order valence-electron chi connectivity index (χ0n) is 13.2. The lowest BCUT2D eigenvalue weighted by molar-refractivity contribution is -0.125. The van der Waals surface area contributed by atoms with Crippen molar-refractivity contribution in [3.8, 4) is 0 Å². The van der Waals surface area contributed by atoms with Gasteiger partial charge in [-0.15, -0.1) is 0 Å². The molecule has 0 fully saturated rings. The van der Waals surface area contributed by atoms with Gasteiger partial charge < -0.3 is 5.11 Å². The van der Waals surface area contributed by atoms with Crippen LogP contribution in [0.1, 0.15) is 67.2 Å². The average Bonchev–Trinajstić information content (AvgIpc) is 2.28. The van der Waals surface area contributed by atoms with Gasteiger partial charge in [0.1, 0.15) is 5.67 Å². The molecule has 0 aromatic carbocycles. The van der Waals surface area contributed by atoms with Crippen LogP contribution in [-0.4, -0.2) is 16.6 Å². The van der Waals surface area contributed by atoms with Gasteiger partial charge in [-0.1, -0.05) is 27.7 Å². The van der Waals surface area contributed by atoms with Gasteiger partial charge >= 0.3 is 0 Å². The fourth-order valence-corrected chi connectivity index (χ4v) is 2.45. The number of carbonyl (C=O) groups is 1. The second-order valence-electron chi connectivity index (χ2n) is 6.26. The van der Waals surface area contributed by atoms with Crippen LogP contribution in [0.5, 0.6) is 0 Å². The van der Waals surface area contributed by atoms with E-state index in [0.29, 0.717) is 6.42 Å². The van der Waals surface area contributed by atoms with Crippen molar-refractivity contribution in [3.63, 3.8) is 0 Å². The molecule has 1 atom stereocenters. The van der Waals surface area contributed by atoms with Crippen molar-refractivity contribution in [3.05, 3.63) is 11.8 Å². The quantitative estimate of drug-likeness (QED) is 0.499. The normalized spacial score (nSPS) is 16.5. The van der Waals surface area contributed by atoms with Crippen LogP contribution < -0.4 is 0 Å². The summed E-state index contributed by atoms with van der Waals surface area (Å²) < 4.78 is 13.8. The Kier molecular flexibility index (Phi) is 6.74. The fraction of sp³-hybridized carbons (Fsp3) is 0.812. The van der Waals surface area contributed by atoms with E-state index in [2.05, 4.69) is 0 Å². The van der Waals surface area contributed by atoms with Gasteiger partial charge in [-0.3, -0.25) is 4.79 Å². The molecule has 1 unspecified atom stereocenters. The fourth-order valence-electron chi connectivity index (χ4n) is 2.45. The maximum atomic E-state index is 13.8. The number of aliphatic hydroxyl groups excluding tert-OH is 1. The standard InChI is InChI=1S/C16H29FO2/c1-7-12(8-2)13(18)10-14(19)16(6,9-3)11-15(4,5)17/h10,12,18H,7-9,11H2,1-6H3/b13-10-. The van der Waals surface area contributed by atoms with Crippen LogP contribution in [-0.2, 0) is 4.79 Å². The Hall–Kier alpha value is -0.860. The molecule has 0 spiro atoms. The highest BCUT2D eigenvalue weighted by Gasteiger charge is 2.36. The van der Waals surface area contributed by atoms with Crippen molar-refractivity contribution >= 4 is 5.78 Å². The lowest BCUT2D eigenvalue weighted by atomic mass is 9.75. The Morgan fingerprint density at radius 3 is 2.00 bits per heavy atom. The average molecular weight is 272 g/mol. The molecule has 0 bridgehead atoms. The maximum Gasteiger partial charge on any atom is 0.164 e. The van der Waals surface area contributed by atoms with E-state index in [1.54, 1.807) is 6.92 Å². The molecule has 0 aliphatic heterocycles. The van der Waals surface area contributed by atoms with Crippen LogP contribution in [0.25, 0.3) is 0 Å². The third-order valence-electron chi connectivity index (χ3n) is 3.87. The number of rotatable bonds is 8. The molecule has 0 saturated heterocycles. The van der Waals surface area contributed by atoms with Gasteiger partial charge in [-0.25, -0.2) is 4.39 Å². The molecule has 0 saturated carbocycles. The van der Waals surface area contributed by atoms with Gasteiger partial charge in [-0.2, -0.15) is 0 Å². The molecule has 1 N–H and O–H groups in total.